The second-order valence-corrected chi connectivity index (χ2v) is 9.77. The lowest BCUT2D eigenvalue weighted by Gasteiger charge is -2.26. The van der Waals surface area contributed by atoms with Crippen LogP contribution >= 0.6 is 0 Å². The van der Waals surface area contributed by atoms with Crippen LogP contribution in [0.5, 0.6) is 0 Å². The number of aromatic nitrogens is 2. The van der Waals surface area contributed by atoms with Gasteiger partial charge in [-0.3, -0.25) is 19.1 Å². The molecular weight excluding hydrogens is 444 g/mol. The first-order valence-corrected chi connectivity index (χ1v) is 12.8. The van der Waals surface area contributed by atoms with E-state index >= 15 is 0 Å². The van der Waals surface area contributed by atoms with Gasteiger partial charge in [0.25, 0.3) is 5.56 Å². The molecule has 0 atom stereocenters. The summed E-state index contributed by atoms with van der Waals surface area (Å²) in [6.07, 6.45) is 6.64. The minimum absolute atomic E-state index is 0.0406. The average Bonchev–Trinajstić information content (AvgIpc) is 3.10. The molecule has 1 saturated heterocycles. The van der Waals surface area contributed by atoms with Gasteiger partial charge in [0.15, 0.2) is 0 Å². The highest BCUT2D eigenvalue weighted by Crippen LogP contribution is 2.22. The third kappa shape index (κ3) is 7.13. The van der Waals surface area contributed by atoms with Gasteiger partial charge >= 0.3 is 5.69 Å². The van der Waals surface area contributed by atoms with Crippen molar-refractivity contribution in [3.05, 3.63) is 45.1 Å². The molecule has 1 amide bonds. The van der Waals surface area contributed by atoms with Crippen molar-refractivity contribution in [3.63, 3.8) is 0 Å². The quantitative estimate of drug-likeness (QED) is 0.476. The Bertz CT molecular complexity index is 1080. The van der Waals surface area contributed by atoms with E-state index in [1.54, 1.807) is 4.90 Å². The van der Waals surface area contributed by atoms with Crippen LogP contribution in [-0.2, 0) is 11.3 Å². The van der Waals surface area contributed by atoms with E-state index in [1.165, 1.54) is 35.9 Å². The van der Waals surface area contributed by atoms with Crippen molar-refractivity contribution < 1.29 is 4.79 Å². The predicted molar refractivity (Wildman–Crippen MR) is 143 cm³/mol. The minimum Gasteiger partial charge on any atom is -0.383 e. The zero-order valence-corrected chi connectivity index (χ0v) is 21.3. The SMILES string of the molecule is CCCCN(CC(=O)Nc1ccc(N2CCCCCC2)cc1)c1c(N)n(CC(C)C)c(=O)[nH]c1=O. The van der Waals surface area contributed by atoms with Crippen LogP contribution in [0.2, 0.25) is 0 Å². The molecule has 1 aliphatic heterocycles. The zero-order chi connectivity index (χ0) is 25.4. The molecule has 3 rings (SSSR count). The van der Waals surface area contributed by atoms with Crippen molar-refractivity contribution in [2.75, 3.05) is 47.0 Å². The van der Waals surface area contributed by atoms with Gasteiger partial charge in [-0.05, 0) is 49.4 Å². The fraction of sp³-hybridized carbons (Fsp3) is 0.577. The Morgan fingerprint density at radius 2 is 1.77 bits per heavy atom. The lowest BCUT2D eigenvalue weighted by atomic mass is 10.2. The van der Waals surface area contributed by atoms with E-state index in [2.05, 4.69) is 15.2 Å². The van der Waals surface area contributed by atoms with Crippen molar-refractivity contribution in [1.29, 1.82) is 0 Å². The standard InChI is InChI=1S/C26H40N6O3/c1-4-5-14-31(23-24(27)32(17-19(2)3)26(35)29-25(23)34)18-22(33)28-20-10-12-21(13-11-20)30-15-8-6-7-9-16-30/h10-13,19H,4-9,14-18,27H2,1-3H3,(H,28,33)(H,29,34,35). The van der Waals surface area contributed by atoms with Crippen LogP contribution < -0.4 is 32.1 Å². The summed E-state index contributed by atoms with van der Waals surface area (Å²) in [7, 11) is 0. The highest BCUT2D eigenvalue weighted by molar-refractivity contribution is 5.94. The van der Waals surface area contributed by atoms with Crippen LogP contribution in [0.1, 0.15) is 59.3 Å². The normalized spacial score (nSPS) is 14.1. The number of hydrogen-bond donors (Lipinski definition) is 3. The van der Waals surface area contributed by atoms with E-state index in [-0.39, 0.29) is 29.9 Å². The van der Waals surface area contributed by atoms with Gasteiger partial charge in [0.1, 0.15) is 11.5 Å². The van der Waals surface area contributed by atoms with Crippen LogP contribution in [0.25, 0.3) is 0 Å². The van der Waals surface area contributed by atoms with Crippen LogP contribution in [0.3, 0.4) is 0 Å². The molecule has 0 aliphatic carbocycles. The van der Waals surface area contributed by atoms with Gasteiger partial charge in [-0.15, -0.1) is 0 Å². The summed E-state index contributed by atoms with van der Waals surface area (Å²) in [4.78, 5) is 44.5. The molecule has 0 unspecified atom stereocenters. The lowest BCUT2D eigenvalue weighted by molar-refractivity contribution is -0.115. The number of rotatable bonds is 10. The predicted octanol–water partition coefficient (Wildman–Crippen LogP) is 3.40. The Hall–Kier alpha value is -3.23. The third-order valence-electron chi connectivity index (χ3n) is 6.32. The van der Waals surface area contributed by atoms with Crippen molar-refractivity contribution in [3.8, 4) is 0 Å². The molecule has 2 heterocycles. The van der Waals surface area contributed by atoms with Crippen molar-refractivity contribution in [2.24, 2.45) is 5.92 Å². The number of nitrogens with one attached hydrogen (secondary N) is 2. The molecule has 1 fully saturated rings. The topological polar surface area (TPSA) is 116 Å². The second-order valence-electron chi connectivity index (χ2n) is 9.77. The van der Waals surface area contributed by atoms with Crippen molar-refractivity contribution >= 4 is 28.8 Å². The Balaban J connectivity index is 1.76. The summed E-state index contributed by atoms with van der Waals surface area (Å²) in [6, 6.07) is 7.91. The first-order valence-electron chi connectivity index (χ1n) is 12.8. The molecule has 1 aliphatic rings. The van der Waals surface area contributed by atoms with E-state index in [0.717, 1.165) is 25.9 Å². The number of nitrogen functional groups attached to an aromatic ring is 1. The maximum Gasteiger partial charge on any atom is 0.330 e. The van der Waals surface area contributed by atoms with Crippen LogP contribution in [-0.4, -0.2) is 41.6 Å². The molecule has 0 saturated carbocycles. The van der Waals surface area contributed by atoms with Crippen molar-refractivity contribution in [1.82, 2.24) is 9.55 Å². The number of benzene rings is 1. The summed E-state index contributed by atoms with van der Waals surface area (Å²) >= 11 is 0. The maximum atomic E-state index is 13.0. The number of aromatic amines is 1. The number of unbranched alkanes of at least 4 members (excludes halogenated alkanes) is 1. The van der Waals surface area contributed by atoms with Gasteiger partial charge in [-0.25, -0.2) is 4.79 Å². The number of carbonyl (C=O) groups is 1. The molecule has 1 aromatic heterocycles. The average molecular weight is 485 g/mol. The number of anilines is 4. The smallest absolute Gasteiger partial charge is 0.330 e. The number of nitrogens with two attached hydrogens (primary N) is 1. The van der Waals surface area contributed by atoms with E-state index in [4.69, 9.17) is 5.73 Å². The van der Waals surface area contributed by atoms with Crippen LogP contribution in [0, 0.1) is 5.92 Å². The minimum atomic E-state index is -0.571. The number of carbonyl (C=O) groups excluding carboxylic acids is 1. The van der Waals surface area contributed by atoms with Gasteiger partial charge < -0.3 is 20.9 Å². The molecule has 35 heavy (non-hydrogen) atoms. The largest absolute Gasteiger partial charge is 0.383 e. The zero-order valence-electron chi connectivity index (χ0n) is 21.3. The van der Waals surface area contributed by atoms with E-state index < -0.39 is 11.2 Å². The molecule has 9 nitrogen and oxygen atoms in total. The summed E-state index contributed by atoms with van der Waals surface area (Å²) in [5.74, 6) is 0.0145. The second kappa shape index (κ2) is 12.5. The first kappa shape index (κ1) is 26.4. The maximum absolute atomic E-state index is 13.0. The van der Waals surface area contributed by atoms with Crippen LogP contribution in [0.15, 0.2) is 33.9 Å². The number of H-pyrrole nitrogens is 1. The highest BCUT2D eigenvalue weighted by Gasteiger charge is 2.21. The fourth-order valence-electron chi connectivity index (χ4n) is 4.51. The number of nitrogens with zero attached hydrogens (tertiary/aromatic N) is 3. The van der Waals surface area contributed by atoms with Crippen LogP contribution in [0.4, 0.5) is 22.9 Å². The fourth-order valence-corrected chi connectivity index (χ4v) is 4.51. The summed E-state index contributed by atoms with van der Waals surface area (Å²) < 4.78 is 1.37. The summed E-state index contributed by atoms with van der Waals surface area (Å²) in [6.45, 7) is 8.92. The molecule has 192 valence electrons. The summed E-state index contributed by atoms with van der Waals surface area (Å²) in [5.41, 5.74) is 7.24. The molecule has 0 bridgehead atoms. The van der Waals surface area contributed by atoms with Crippen molar-refractivity contribution in [2.45, 2.75) is 65.8 Å². The summed E-state index contributed by atoms with van der Waals surface area (Å²) in [5, 5.41) is 2.94. The number of amides is 1. The van der Waals surface area contributed by atoms with E-state index in [9.17, 15) is 14.4 Å². The Kier molecular flexibility index (Phi) is 9.39. The molecule has 0 spiro atoms. The van der Waals surface area contributed by atoms with Gasteiger partial charge in [0.2, 0.25) is 5.91 Å². The molecular formula is C26H40N6O3. The molecule has 0 radical (unpaired) electrons. The molecule has 2 aromatic rings. The molecule has 4 N–H and O–H groups in total. The Morgan fingerprint density at radius 3 is 2.37 bits per heavy atom. The van der Waals surface area contributed by atoms with Gasteiger partial charge in [-0.2, -0.15) is 0 Å². The van der Waals surface area contributed by atoms with Gasteiger partial charge in [0.05, 0.1) is 6.54 Å². The Morgan fingerprint density at radius 1 is 1.11 bits per heavy atom. The first-order chi connectivity index (χ1) is 16.8. The molecule has 1 aromatic carbocycles. The monoisotopic (exact) mass is 484 g/mol. The highest BCUT2D eigenvalue weighted by atomic mass is 16.2. The Labute approximate surface area is 207 Å². The third-order valence-corrected chi connectivity index (χ3v) is 6.32. The lowest BCUT2D eigenvalue weighted by Crippen LogP contribution is -2.42. The van der Waals surface area contributed by atoms with Gasteiger partial charge in [0, 0.05) is 37.6 Å². The van der Waals surface area contributed by atoms with E-state index in [0.29, 0.717) is 18.8 Å². The van der Waals surface area contributed by atoms with Gasteiger partial charge in [-0.1, -0.05) is 40.0 Å². The molecule has 9 heteroatoms. The number of hydrogen-bond acceptors (Lipinski definition) is 6. The van der Waals surface area contributed by atoms with E-state index in [1.807, 2.05) is 45.0 Å².